The second kappa shape index (κ2) is 10.9. The van der Waals surface area contributed by atoms with Crippen molar-refractivity contribution in [1.82, 2.24) is 19.4 Å². The second-order valence-corrected chi connectivity index (χ2v) is 9.86. The Morgan fingerprint density at radius 3 is 2.11 bits per heavy atom. The molecule has 4 aromatic rings. The maximum Gasteiger partial charge on any atom is 0.262 e. The molecule has 0 amide bonds. The van der Waals surface area contributed by atoms with E-state index in [4.69, 9.17) is 23.8 Å². The topological polar surface area (TPSA) is 44.3 Å². The Morgan fingerprint density at radius 2 is 1.49 bits per heavy atom. The molecule has 1 aromatic heterocycles. The smallest absolute Gasteiger partial charge is 0.262 e. The average molecular weight is 505 g/mol. The van der Waals surface area contributed by atoms with Gasteiger partial charge < -0.3 is 9.88 Å². The first kappa shape index (κ1) is 23.9. The summed E-state index contributed by atoms with van der Waals surface area (Å²) in [5.41, 5.74) is 3.31. The molecule has 5 rings (SSSR count). The highest BCUT2D eigenvalue weighted by atomic mass is 35.5. The SMILES string of the molecule is O=c1c2cc(Cl)ccc2[nH]c(=S)n1CCCN1CCN(C(c2ccccc2)c2ccccc2)CC1. The number of rotatable bonds is 7. The Kier molecular flexibility index (Phi) is 7.44. The van der Waals surface area contributed by atoms with Gasteiger partial charge in [0, 0.05) is 37.7 Å². The number of hydrogen-bond acceptors (Lipinski definition) is 4. The number of aromatic amines is 1. The van der Waals surface area contributed by atoms with Crippen LogP contribution in [0.5, 0.6) is 0 Å². The minimum absolute atomic E-state index is 0.0790. The summed E-state index contributed by atoms with van der Waals surface area (Å²) in [5, 5.41) is 1.13. The predicted octanol–water partition coefficient (Wildman–Crippen LogP) is 5.51. The van der Waals surface area contributed by atoms with Gasteiger partial charge in [-0.15, -0.1) is 0 Å². The largest absolute Gasteiger partial charge is 0.332 e. The zero-order valence-electron chi connectivity index (χ0n) is 19.6. The van der Waals surface area contributed by atoms with E-state index in [0.717, 1.165) is 44.7 Å². The molecule has 2 heterocycles. The molecule has 7 heteroatoms. The first-order chi connectivity index (χ1) is 17.1. The summed E-state index contributed by atoms with van der Waals surface area (Å²) < 4.78 is 2.12. The van der Waals surface area contributed by atoms with Crippen molar-refractivity contribution in [2.75, 3.05) is 32.7 Å². The van der Waals surface area contributed by atoms with Crippen LogP contribution in [0.3, 0.4) is 0 Å². The van der Waals surface area contributed by atoms with Crippen molar-refractivity contribution in [3.05, 3.63) is 110 Å². The number of H-pyrrole nitrogens is 1. The van der Waals surface area contributed by atoms with E-state index in [1.807, 2.05) is 0 Å². The minimum atomic E-state index is -0.0790. The molecule has 1 aliphatic rings. The highest BCUT2D eigenvalue weighted by Crippen LogP contribution is 2.29. The van der Waals surface area contributed by atoms with Crippen molar-refractivity contribution < 1.29 is 0 Å². The van der Waals surface area contributed by atoms with Gasteiger partial charge in [0.1, 0.15) is 0 Å². The molecule has 1 N–H and O–H groups in total. The molecule has 0 atom stereocenters. The van der Waals surface area contributed by atoms with Gasteiger partial charge in [-0.05, 0) is 54.5 Å². The number of aromatic nitrogens is 2. The normalized spacial score (nSPS) is 15.1. The van der Waals surface area contributed by atoms with E-state index in [1.165, 1.54) is 11.1 Å². The molecular weight excluding hydrogens is 476 g/mol. The van der Waals surface area contributed by atoms with Crippen LogP contribution in [0, 0.1) is 4.77 Å². The number of fused-ring (bicyclic) bond motifs is 1. The molecule has 1 fully saturated rings. The number of nitrogens with one attached hydrogen (secondary N) is 1. The third kappa shape index (κ3) is 5.41. The first-order valence-electron chi connectivity index (χ1n) is 12.1. The number of nitrogens with zero attached hydrogens (tertiary/aromatic N) is 3. The Balaban J connectivity index is 1.22. The number of benzene rings is 3. The van der Waals surface area contributed by atoms with Crippen LogP contribution in [-0.2, 0) is 6.54 Å². The number of piperazine rings is 1. The van der Waals surface area contributed by atoms with Crippen molar-refractivity contribution in [1.29, 1.82) is 0 Å². The van der Waals surface area contributed by atoms with Gasteiger partial charge in [0.2, 0.25) is 0 Å². The van der Waals surface area contributed by atoms with E-state index in [1.54, 1.807) is 22.8 Å². The molecule has 0 bridgehead atoms. The lowest BCUT2D eigenvalue weighted by atomic mass is 9.96. The molecule has 180 valence electrons. The molecule has 1 saturated heterocycles. The van der Waals surface area contributed by atoms with E-state index in [-0.39, 0.29) is 11.6 Å². The van der Waals surface area contributed by atoms with Crippen LogP contribution in [0.2, 0.25) is 5.02 Å². The zero-order valence-corrected chi connectivity index (χ0v) is 21.1. The van der Waals surface area contributed by atoms with E-state index in [0.29, 0.717) is 21.7 Å². The van der Waals surface area contributed by atoms with E-state index >= 15 is 0 Å². The van der Waals surface area contributed by atoms with Gasteiger partial charge in [-0.3, -0.25) is 14.3 Å². The van der Waals surface area contributed by atoms with Crippen LogP contribution in [0.4, 0.5) is 0 Å². The van der Waals surface area contributed by atoms with E-state index < -0.39 is 0 Å². The van der Waals surface area contributed by atoms with Crippen LogP contribution in [-0.4, -0.2) is 52.1 Å². The summed E-state index contributed by atoms with van der Waals surface area (Å²) in [6.07, 6.45) is 0.865. The van der Waals surface area contributed by atoms with Gasteiger partial charge in [0.25, 0.3) is 5.56 Å². The Labute approximate surface area is 215 Å². The fraction of sp³-hybridized carbons (Fsp3) is 0.286. The van der Waals surface area contributed by atoms with Crippen LogP contribution in [0.25, 0.3) is 10.9 Å². The molecule has 0 aliphatic carbocycles. The maximum atomic E-state index is 13.0. The van der Waals surface area contributed by atoms with E-state index in [9.17, 15) is 4.79 Å². The van der Waals surface area contributed by atoms with Crippen LogP contribution in [0.1, 0.15) is 23.6 Å². The van der Waals surface area contributed by atoms with Gasteiger partial charge in [-0.2, -0.15) is 0 Å². The third-order valence-corrected chi connectivity index (χ3v) is 7.36. The van der Waals surface area contributed by atoms with Crippen molar-refractivity contribution in [2.45, 2.75) is 19.0 Å². The quantitative estimate of drug-likeness (QED) is 0.337. The van der Waals surface area contributed by atoms with Crippen molar-refractivity contribution in [2.24, 2.45) is 0 Å². The molecule has 0 saturated carbocycles. The minimum Gasteiger partial charge on any atom is -0.332 e. The summed E-state index contributed by atoms with van der Waals surface area (Å²) in [6, 6.07) is 27.1. The van der Waals surface area contributed by atoms with E-state index in [2.05, 4.69) is 75.4 Å². The van der Waals surface area contributed by atoms with Crippen LogP contribution < -0.4 is 5.56 Å². The average Bonchev–Trinajstić information content (AvgIpc) is 2.89. The summed E-state index contributed by atoms with van der Waals surface area (Å²) in [4.78, 5) is 21.2. The maximum absolute atomic E-state index is 13.0. The fourth-order valence-electron chi connectivity index (χ4n) is 5.01. The second-order valence-electron chi connectivity index (χ2n) is 9.03. The molecule has 0 radical (unpaired) electrons. The predicted molar refractivity (Wildman–Crippen MR) is 146 cm³/mol. The molecule has 35 heavy (non-hydrogen) atoms. The number of halogens is 1. The summed E-state index contributed by atoms with van der Waals surface area (Å²) in [5.74, 6) is 0. The summed E-state index contributed by atoms with van der Waals surface area (Å²) >= 11 is 11.6. The molecular formula is C28H29ClN4OS. The van der Waals surface area contributed by atoms with Crippen molar-refractivity contribution in [3.63, 3.8) is 0 Å². The van der Waals surface area contributed by atoms with Gasteiger partial charge in [-0.25, -0.2) is 0 Å². The lowest BCUT2D eigenvalue weighted by molar-refractivity contribution is 0.107. The van der Waals surface area contributed by atoms with Crippen molar-refractivity contribution >= 4 is 34.7 Å². The van der Waals surface area contributed by atoms with Gasteiger partial charge in [0.15, 0.2) is 4.77 Å². The van der Waals surface area contributed by atoms with Crippen molar-refractivity contribution in [3.8, 4) is 0 Å². The Bertz CT molecular complexity index is 1360. The highest BCUT2D eigenvalue weighted by molar-refractivity contribution is 7.71. The fourth-order valence-corrected chi connectivity index (χ4v) is 5.46. The van der Waals surface area contributed by atoms with Gasteiger partial charge in [-0.1, -0.05) is 72.3 Å². The number of hydrogen-bond donors (Lipinski definition) is 1. The lowest BCUT2D eigenvalue weighted by Crippen LogP contribution is -2.48. The lowest BCUT2D eigenvalue weighted by Gasteiger charge is -2.39. The third-order valence-electron chi connectivity index (χ3n) is 6.80. The molecule has 5 nitrogen and oxygen atoms in total. The Morgan fingerprint density at radius 1 is 0.857 bits per heavy atom. The Hall–Kier alpha value is -2.77. The molecule has 1 aliphatic heterocycles. The first-order valence-corrected chi connectivity index (χ1v) is 12.9. The van der Waals surface area contributed by atoms with Gasteiger partial charge >= 0.3 is 0 Å². The monoisotopic (exact) mass is 504 g/mol. The van der Waals surface area contributed by atoms with Gasteiger partial charge in [0.05, 0.1) is 16.9 Å². The highest BCUT2D eigenvalue weighted by Gasteiger charge is 2.26. The molecule has 3 aromatic carbocycles. The standard InChI is InChI=1S/C28H29ClN4OS/c29-23-12-13-25-24(20-23)27(34)33(28(35)30-25)15-7-14-31-16-18-32(19-17-31)26(21-8-3-1-4-9-21)22-10-5-2-6-11-22/h1-6,8-13,20,26H,7,14-19H2,(H,30,35). The zero-order chi connectivity index (χ0) is 24.2. The molecule has 0 spiro atoms. The summed E-state index contributed by atoms with van der Waals surface area (Å²) in [7, 11) is 0. The summed E-state index contributed by atoms with van der Waals surface area (Å²) in [6.45, 7) is 5.54. The molecule has 0 unspecified atom stereocenters. The van der Waals surface area contributed by atoms with Crippen LogP contribution in [0.15, 0.2) is 83.7 Å². The van der Waals surface area contributed by atoms with Crippen LogP contribution >= 0.6 is 23.8 Å².